The Balaban J connectivity index is 2.14. The van der Waals surface area contributed by atoms with Crippen molar-refractivity contribution in [1.29, 1.82) is 0 Å². The van der Waals surface area contributed by atoms with Gasteiger partial charge in [-0.05, 0) is 42.5 Å². The summed E-state index contributed by atoms with van der Waals surface area (Å²) in [6.07, 6.45) is 0. The van der Waals surface area contributed by atoms with E-state index in [0.717, 1.165) is 24.3 Å². The summed E-state index contributed by atoms with van der Waals surface area (Å²) in [6, 6.07) is 8.65. The number of benzene rings is 2. The van der Waals surface area contributed by atoms with Gasteiger partial charge in [-0.25, -0.2) is 12.8 Å². The molecule has 2 aromatic rings. The molecule has 0 fully saturated rings. The van der Waals surface area contributed by atoms with Crippen LogP contribution in [0.2, 0.25) is 10.0 Å². The minimum Gasteiger partial charge on any atom is -0.324 e. The molecule has 1 N–H and O–H groups in total. The SMILES string of the molecule is O=C(CS(=O)(=O)c1ccc(F)cc1)Nc1cc(Cl)ccc1Cl. The Morgan fingerprint density at radius 1 is 1.09 bits per heavy atom. The molecule has 0 aliphatic rings. The molecule has 0 aliphatic carbocycles. The molecule has 0 bridgehead atoms. The Morgan fingerprint density at radius 3 is 2.36 bits per heavy atom. The molecule has 4 nitrogen and oxygen atoms in total. The lowest BCUT2D eigenvalue weighted by Crippen LogP contribution is -2.23. The smallest absolute Gasteiger partial charge is 0.240 e. The van der Waals surface area contributed by atoms with E-state index < -0.39 is 27.3 Å². The monoisotopic (exact) mass is 361 g/mol. The van der Waals surface area contributed by atoms with Crippen LogP contribution in [0.3, 0.4) is 0 Å². The molecule has 1 amide bonds. The third kappa shape index (κ3) is 4.19. The Hall–Kier alpha value is -1.63. The fraction of sp³-hybridized carbons (Fsp3) is 0.0714. The average molecular weight is 362 g/mol. The molecule has 0 aromatic heterocycles. The molecular formula is C14H10Cl2FNO3S. The molecule has 0 aliphatic heterocycles. The first-order chi connectivity index (χ1) is 10.3. The van der Waals surface area contributed by atoms with E-state index in [1.165, 1.54) is 18.2 Å². The van der Waals surface area contributed by atoms with Crippen LogP contribution in [-0.4, -0.2) is 20.1 Å². The highest BCUT2D eigenvalue weighted by Gasteiger charge is 2.20. The third-order valence-electron chi connectivity index (χ3n) is 2.70. The molecule has 0 spiro atoms. The van der Waals surface area contributed by atoms with Crippen molar-refractivity contribution in [1.82, 2.24) is 0 Å². The van der Waals surface area contributed by atoms with Crippen molar-refractivity contribution in [2.24, 2.45) is 0 Å². The predicted molar refractivity (Wildman–Crippen MR) is 83.5 cm³/mol. The van der Waals surface area contributed by atoms with Crippen molar-refractivity contribution in [3.05, 3.63) is 58.3 Å². The van der Waals surface area contributed by atoms with Gasteiger partial charge in [0, 0.05) is 5.02 Å². The summed E-state index contributed by atoms with van der Waals surface area (Å²) in [5, 5.41) is 2.96. The summed E-state index contributed by atoms with van der Waals surface area (Å²) < 4.78 is 36.9. The number of amides is 1. The maximum atomic E-state index is 12.8. The lowest BCUT2D eigenvalue weighted by molar-refractivity contribution is -0.113. The van der Waals surface area contributed by atoms with Gasteiger partial charge >= 0.3 is 0 Å². The maximum Gasteiger partial charge on any atom is 0.240 e. The second kappa shape index (κ2) is 6.64. The molecule has 8 heteroatoms. The van der Waals surface area contributed by atoms with Gasteiger partial charge in [0.2, 0.25) is 5.91 Å². The predicted octanol–water partition coefficient (Wildman–Crippen LogP) is 3.54. The van der Waals surface area contributed by atoms with E-state index in [1.54, 1.807) is 0 Å². The molecule has 0 saturated heterocycles. The Morgan fingerprint density at radius 2 is 1.73 bits per heavy atom. The zero-order valence-corrected chi connectivity index (χ0v) is 13.3. The Labute approximate surface area is 136 Å². The van der Waals surface area contributed by atoms with Crippen LogP contribution in [0.4, 0.5) is 10.1 Å². The van der Waals surface area contributed by atoms with Gasteiger partial charge < -0.3 is 5.32 Å². The molecule has 0 heterocycles. The van der Waals surface area contributed by atoms with Crippen molar-refractivity contribution in [3.8, 4) is 0 Å². The van der Waals surface area contributed by atoms with Crippen LogP contribution < -0.4 is 5.32 Å². The molecule has 0 unspecified atom stereocenters. The van der Waals surface area contributed by atoms with Gasteiger partial charge in [-0.3, -0.25) is 4.79 Å². The summed E-state index contributed by atoms with van der Waals surface area (Å²) in [5.74, 6) is -2.12. The van der Waals surface area contributed by atoms with Crippen molar-refractivity contribution in [3.63, 3.8) is 0 Å². The highest BCUT2D eigenvalue weighted by molar-refractivity contribution is 7.92. The molecule has 0 saturated carbocycles. The molecular weight excluding hydrogens is 352 g/mol. The van der Waals surface area contributed by atoms with Gasteiger partial charge in [0.25, 0.3) is 0 Å². The molecule has 22 heavy (non-hydrogen) atoms. The normalized spacial score (nSPS) is 11.2. The van der Waals surface area contributed by atoms with Crippen LogP contribution in [0.5, 0.6) is 0 Å². The topological polar surface area (TPSA) is 63.2 Å². The summed E-state index contributed by atoms with van der Waals surface area (Å²) in [6.45, 7) is 0. The van der Waals surface area contributed by atoms with Crippen LogP contribution in [0.25, 0.3) is 0 Å². The first-order valence-electron chi connectivity index (χ1n) is 6.01. The van der Waals surface area contributed by atoms with E-state index >= 15 is 0 Å². The number of sulfone groups is 1. The number of halogens is 3. The third-order valence-corrected chi connectivity index (χ3v) is 4.89. The fourth-order valence-electron chi connectivity index (χ4n) is 1.68. The summed E-state index contributed by atoms with van der Waals surface area (Å²) in [4.78, 5) is 11.7. The van der Waals surface area contributed by atoms with Crippen LogP contribution >= 0.6 is 23.2 Å². The van der Waals surface area contributed by atoms with E-state index in [-0.39, 0.29) is 15.6 Å². The van der Waals surface area contributed by atoms with Gasteiger partial charge in [0.1, 0.15) is 11.6 Å². The first kappa shape index (κ1) is 16.7. The van der Waals surface area contributed by atoms with Gasteiger partial charge in [0.15, 0.2) is 9.84 Å². The summed E-state index contributed by atoms with van der Waals surface area (Å²) >= 11 is 11.7. The molecule has 2 aromatic carbocycles. The first-order valence-corrected chi connectivity index (χ1v) is 8.42. The summed E-state index contributed by atoms with van der Waals surface area (Å²) in [7, 11) is -3.87. The summed E-state index contributed by atoms with van der Waals surface area (Å²) in [5.41, 5.74) is 0.216. The molecule has 2 rings (SSSR count). The van der Waals surface area contributed by atoms with E-state index in [4.69, 9.17) is 23.2 Å². The Kier molecular flexibility index (Phi) is 5.05. The number of hydrogen-bond donors (Lipinski definition) is 1. The molecule has 116 valence electrons. The fourth-order valence-corrected chi connectivity index (χ4v) is 3.15. The van der Waals surface area contributed by atoms with E-state index in [9.17, 15) is 17.6 Å². The highest BCUT2D eigenvalue weighted by atomic mass is 35.5. The number of nitrogens with one attached hydrogen (secondary N) is 1. The van der Waals surface area contributed by atoms with Crippen molar-refractivity contribution >= 4 is 44.6 Å². The number of anilines is 1. The maximum absolute atomic E-state index is 12.8. The zero-order chi connectivity index (χ0) is 16.3. The van der Waals surface area contributed by atoms with E-state index in [0.29, 0.717) is 5.02 Å². The number of carbonyl (C=O) groups is 1. The standard InChI is InChI=1S/C14H10Cl2FNO3S/c15-9-1-6-12(16)13(7-9)18-14(19)8-22(20,21)11-4-2-10(17)3-5-11/h1-7H,8H2,(H,18,19). The molecule has 0 atom stereocenters. The van der Waals surface area contributed by atoms with Crippen LogP contribution in [0.15, 0.2) is 47.4 Å². The van der Waals surface area contributed by atoms with Gasteiger partial charge in [-0.15, -0.1) is 0 Å². The number of rotatable bonds is 4. The van der Waals surface area contributed by atoms with E-state index in [2.05, 4.69) is 5.32 Å². The quantitative estimate of drug-likeness (QED) is 0.847. The van der Waals surface area contributed by atoms with Crippen LogP contribution in [-0.2, 0) is 14.6 Å². The molecule has 0 radical (unpaired) electrons. The Bertz CT molecular complexity index is 807. The van der Waals surface area contributed by atoms with Crippen molar-refractivity contribution in [2.45, 2.75) is 4.90 Å². The van der Waals surface area contributed by atoms with E-state index in [1.807, 2.05) is 0 Å². The number of carbonyl (C=O) groups excluding carboxylic acids is 1. The second-order valence-electron chi connectivity index (χ2n) is 4.39. The van der Waals surface area contributed by atoms with Crippen molar-refractivity contribution < 1.29 is 17.6 Å². The van der Waals surface area contributed by atoms with Crippen molar-refractivity contribution in [2.75, 3.05) is 11.1 Å². The van der Waals surface area contributed by atoms with Crippen LogP contribution in [0.1, 0.15) is 0 Å². The van der Waals surface area contributed by atoms with Gasteiger partial charge in [-0.1, -0.05) is 23.2 Å². The van der Waals surface area contributed by atoms with Gasteiger partial charge in [-0.2, -0.15) is 0 Å². The number of hydrogen-bond acceptors (Lipinski definition) is 3. The van der Waals surface area contributed by atoms with Crippen LogP contribution in [0, 0.1) is 5.82 Å². The van der Waals surface area contributed by atoms with Gasteiger partial charge in [0.05, 0.1) is 15.6 Å². The average Bonchev–Trinajstić information content (AvgIpc) is 2.42. The highest BCUT2D eigenvalue weighted by Crippen LogP contribution is 2.25. The minimum atomic E-state index is -3.87. The largest absolute Gasteiger partial charge is 0.324 e. The zero-order valence-electron chi connectivity index (χ0n) is 11.0. The lowest BCUT2D eigenvalue weighted by Gasteiger charge is -2.08. The lowest BCUT2D eigenvalue weighted by atomic mass is 10.3. The minimum absolute atomic E-state index is 0.138. The second-order valence-corrected chi connectivity index (χ2v) is 7.22.